The molecule has 1 amide bonds. The number of amides is 1. The summed E-state index contributed by atoms with van der Waals surface area (Å²) in [5, 5.41) is 9.53. The third kappa shape index (κ3) is 9.64. The Kier molecular flexibility index (Phi) is 10.7. The van der Waals surface area contributed by atoms with Crippen LogP contribution in [0.4, 0.5) is 0 Å². The number of aliphatic imine (C=N–C) groups is 1. The van der Waals surface area contributed by atoms with Gasteiger partial charge in [-0.15, -0.1) is 0 Å². The van der Waals surface area contributed by atoms with Gasteiger partial charge in [-0.2, -0.15) is 0 Å². The summed E-state index contributed by atoms with van der Waals surface area (Å²) in [7, 11) is 1.77. The van der Waals surface area contributed by atoms with Crippen LogP contribution in [-0.2, 0) is 4.79 Å². The van der Waals surface area contributed by atoms with Gasteiger partial charge < -0.3 is 16.0 Å². The van der Waals surface area contributed by atoms with Gasteiger partial charge in [0, 0.05) is 32.1 Å². The van der Waals surface area contributed by atoms with Crippen LogP contribution in [-0.4, -0.2) is 38.5 Å². The first kappa shape index (κ1) is 20.7. The van der Waals surface area contributed by atoms with Crippen molar-refractivity contribution in [3.63, 3.8) is 0 Å². The number of carbonyl (C=O) groups excluding carboxylic acids is 1. The Morgan fingerprint density at radius 3 is 2.23 bits per heavy atom. The minimum atomic E-state index is -0.340. The lowest BCUT2D eigenvalue weighted by atomic mass is 9.96. The van der Waals surface area contributed by atoms with Gasteiger partial charge in [0.2, 0.25) is 5.91 Å². The molecule has 0 aromatic heterocycles. The molecule has 0 fully saturated rings. The maximum Gasteiger partial charge on any atom is 0.225 e. The third-order valence-electron chi connectivity index (χ3n) is 3.71. The highest BCUT2D eigenvalue weighted by Crippen LogP contribution is 2.12. The summed E-state index contributed by atoms with van der Waals surface area (Å²) in [6, 6.07) is 0. The van der Waals surface area contributed by atoms with Crippen LogP contribution in [0.15, 0.2) is 4.99 Å². The highest BCUT2D eigenvalue weighted by atomic mass is 16.2. The van der Waals surface area contributed by atoms with E-state index in [-0.39, 0.29) is 11.3 Å². The number of carbonyl (C=O) groups is 1. The monoisotopic (exact) mass is 312 g/mol. The van der Waals surface area contributed by atoms with Crippen molar-refractivity contribution in [2.24, 2.45) is 16.3 Å². The van der Waals surface area contributed by atoms with Gasteiger partial charge in [-0.1, -0.05) is 53.9 Å². The fourth-order valence-electron chi connectivity index (χ4n) is 2.03. The minimum Gasteiger partial charge on any atom is -0.356 e. The first-order chi connectivity index (χ1) is 10.3. The van der Waals surface area contributed by atoms with Crippen LogP contribution >= 0.6 is 0 Å². The molecule has 1 unspecified atom stereocenters. The van der Waals surface area contributed by atoms with Crippen LogP contribution in [0.1, 0.15) is 60.3 Å². The van der Waals surface area contributed by atoms with Crippen molar-refractivity contribution in [1.82, 2.24) is 16.0 Å². The number of nitrogens with zero attached hydrogens (tertiary/aromatic N) is 1. The lowest BCUT2D eigenvalue weighted by Gasteiger charge is -2.19. The van der Waals surface area contributed by atoms with E-state index < -0.39 is 0 Å². The van der Waals surface area contributed by atoms with E-state index in [1.807, 2.05) is 20.8 Å². The molecule has 0 aliphatic heterocycles. The van der Waals surface area contributed by atoms with Crippen molar-refractivity contribution in [1.29, 1.82) is 0 Å². The van der Waals surface area contributed by atoms with Crippen LogP contribution in [0.2, 0.25) is 0 Å². The molecule has 0 radical (unpaired) electrons. The van der Waals surface area contributed by atoms with E-state index >= 15 is 0 Å². The van der Waals surface area contributed by atoms with Gasteiger partial charge in [-0.25, -0.2) is 0 Å². The molecular weight excluding hydrogens is 276 g/mol. The summed E-state index contributed by atoms with van der Waals surface area (Å²) >= 11 is 0. The highest BCUT2D eigenvalue weighted by molar-refractivity contribution is 5.81. The maximum atomic E-state index is 11.7. The molecule has 0 bridgehead atoms. The van der Waals surface area contributed by atoms with Crippen molar-refractivity contribution in [2.75, 3.05) is 26.7 Å². The standard InChI is InChI=1S/C17H36N4O/c1-7-9-10-14(8-2)13-21-16(18-6)20-12-11-19-15(22)17(3,4)5/h14H,7-13H2,1-6H3,(H,19,22)(H2,18,20,21). The Morgan fingerprint density at radius 1 is 1.09 bits per heavy atom. The molecule has 3 N–H and O–H groups in total. The Morgan fingerprint density at radius 2 is 1.73 bits per heavy atom. The SMILES string of the molecule is CCCCC(CC)CNC(=NC)NCCNC(=O)C(C)(C)C. The fraction of sp³-hybridized carbons (Fsp3) is 0.882. The molecule has 0 heterocycles. The molecule has 0 spiro atoms. The van der Waals surface area contributed by atoms with Crippen LogP contribution in [0.25, 0.3) is 0 Å². The van der Waals surface area contributed by atoms with Crippen LogP contribution in [0, 0.1) is 11.3 Å². The predicted octanol–water partition coefficient (Wildman–Crippen LogP) is 2.53. The van der Waals surface area contributed by atoms with E-state index in [0.717, 1.165) is 12.5 Å². The molecule has 0 saturated heterocycles. The number of unbranched alkanes of at least 4 members (excludes halogenated alkanes) is 1. The molecule has 0 rings (SSSR count). The smallest absolute Gasteiger partial charge is 0.225 e. The summed E-state index contributed by atoms with van der Waals surface area (Å²) < 4.78 is 0. The zero-order chi connectivity index (χ0) is 17.0. The maximum absolute atomic E-state index is 11.7. The summed E-state index contributed by atoms with van der Waals surface area (Å²) in [4.78, 5) is 16.0. The van der Waals surface area contributed by atoms with Gasteiger partial charge in [0.25, 0.3) is 0 Å². The zero-order valence-electron chi connectivity index (χ0n) is 15.4. The highest BCUT2D eigenvalue weighted by Gasteiger charge is 2.20. The van der Waals surface area contributed by atoms with Gasteiger partial charge in [-0.05, 0) is 12.3 Å². The Labute approximate surface area is 136 Å². The number of rotatable bonds is 9. The number of nitrogens with one attached hydrogen (secondary N) is 3. The molecule has 0 saturated carbocycles. The molecule has 0 aliphatic rings. The molecule has 22 heavy (non-hydrogen) atoms. The summed E-state index contributed by atoms with van der Waals surface area (Å²) in [6.45, 7) is 12.4. The molecular formula is C17H36N4O. The molecule has 5 nitrogen and oxygen atoms in total. The zero-order valence-corrected chi connectivity index (χ0v) is 15.4. The van der Waals surface area contributed by atoms with Crippen LogP contribution < -0.4 is 16.0 Å². The normalized spacial score (nSPS) is 13.6. The third-order valence-corrected chi connectivity index (χ3v) is 3.71. The summed E-state index contributed by atoms with van der Waals surface area (Å²) in [5.74, 6) is 1.57. The molecule has 5 heteroatoms. The number of guanidine groups is 1. The van der Waals surface area contributed by atoms with Gasteiger partial charge >= 0.3 is 0 Å². The number of hydrogen-bond donors (Lipinski definition) is 3. The molecule has 1 atom stereocenters. The van der Waals surface area contributed by atoms with Crippen LogP contribution in [0.3, 0.4) is 0 Å². The van der Waals surface area contributed by atoms with Crippen molar-refractivity contribution in [3.8, 4) is 0 Å². The van der Waals surface area contributed by atoms with E-state index in [1.165, 1.54) is 25.7 Å². The fourth-order valence-corrected chi connectivity index (χ4v) is 2.03. The molecule has 130 valence electrons. The van der Waals surface area contributed by atoms with E-state index in [4.69, 9.17) is 0 Å². The van der Waals surface area contributed by atoms with Crippen molar-refractivity contribution < 1.29 is 4.79 Å². The lowest BCUT2D eigenvalue weighted by molar-refractivity contribution is -0.128. The Balaban J connectivity index is 3.96. The summed E-state index contributed by atoms with van der Waals surface area (Å²) in [6.07, 6.45) is 4.98. The summed E-state index contributed by atoms with van der Waals surface area (Å²) in [5.41, 5.74) is -0.340. The molecule has 0 aromatic carbocycles. The topological polar surface area (TPSA) is 65.5 Å². The average molecular weight is 313 g/mol. The van der Waals surface area contributed by atoms with Gasteiger partial charge in [0.05, 0.1) is 0 Å². The van der Waals surface area contributed by atoms with Crippen LogP contribution in [0.5, 0.6) is 0 Å². The van der Waals surface area contributed by atoms with Gasteiger partial charge in [0.1, 0.15) is 0 Å². The van der Waals surface area contributed by atoms with Crippen molar-refractivity contribution in [3.05, 3.63) is 0 Å². The minimum absolute atomic E-state index is 0.0721. The van der Waals surface area contributed by atoms with Crippen molar-refractivity contribution in [2.45, 2.75) is 60.3 Å². The largest absolute Gasteiger partial charge is 0.356 e. The lowest BCUT2D eigenvalue weighted by Crippen LogP contribution is -2.44. The second-order valence-corrected chi connectivity index (χ2v) is 6.80. The average Bonchev–Trinajstić information content (AvgIpc) is 2.48. The van der Waals surface area contributed by atoms with E-state index in [2.05, 4.69) is 34.8 Å². The quantitative estimate of drug-likeness (QED) is 0.348. The van der Waals surface area contributed by atoms with E-state index in [1.54, 1.807) is 7.05 Å². The van der Waals surface area contributed by atoms with Crippen molar-refractivity contribution >= 4 is 11.9 Å². The van der Waals surface area contributed by atoms with Gasteiger partial charge in [-0.3, -0.25) is 9.79 Å². The second-order valence-electron chi connectivity index (χ2n) is 6.80. The van der Waals surface area contributed by atoms with E-state index in [0.29, 0.717) is 19.0 Å². The molecule has 0 aromatic rings. The second kappa shape index (κ2) is 11.3. The first-order valence-electron chi connectivity index (χ1n) is 8.57. The number of hydrogen-bond acceptors (Lipinski definition) is 2. The Hall–Kier alpha value is -1.26. The van der Waals surface area contributed by atoms with Gasteiger partial charge in [0.15, 0.2) is 5.96 Å². The predicted molar refractivity (Wildman–Crippen MR) is 95.1 cm³/mol. The molecule has 0 aliphatic carbocycles. The van der Waals surface area contributed by atoms with E-state index in [9.17, 15) is 4.79 Å². The Bertz CT molecular complexity index is 334. The first-order valence-corrected chi connectivity index (χ1v) is 8.57.